The Labute approximate surface area is 146 Å². The predicted molar refractivity (Wildman–Crippen MR) is 95.4 cm³/mol. The zero-order valence-electron chi connectivity index (χ0n) is 14.7. The Hall–Kier alpha value is -2.74. The van der Waals surface area contributed by atoms with Crippen molar-refractivity contribution in [2.45, 2.75) is 33.7 Å². The van der Waals surface area contributed by atoms with Gasteiger partial charge in [-0.25, -0.2) is 4.98 Å². The smallest absolute Gasteiger partial charge is 0.226 e. The maximum absolute atomic E-state index is 11.9. The van der Waals surface area contributed by atoms with Gasteiger partial charge in [0.1, 0.15) is 5.82 Å². The number of nitrogens with two attached hydrogens (primary N) is 1. The second kappa shape index (κ2) is 7.89. The fourth-order valence-electron chi connectivity index (χ4n) is 2.00. The van der Waals surface area contributed by atoms with Crippen molar-refractivity contribution < 1.29 is 9.59 Å². The molecule has 25 heavy (non-hydrogen) atoms. The zero-order chi connectivity index (χ0) is 18.4. The molecule has 8 nitrogen and oxygen atoms in total. The molecule has 0 atom stereocenters. The highest BCUT2D eigenvalue weighted by Gasteiger charge is 2.20. The third-order valence-corrected chi connectivity index (χ3v) is 3.47. The van der Waals surface area contributed by atoms with Gasteiger partial charge in [-0.2, -0.15) is 5.10 Å². The molecule has 5 N–H and O–H groups in total. The van der Waals surface area contributed by atoms with E-state index in [1.165, 1.54) is 0 Å². The number of hydrogen-bond acceptors (Lipinski definition) is 5. The van der Waals surface area contributed by atoms with Crippen molar-refractivity contribution in [3.05, 3.63) is 30.1 Å². The number of carbonyl (C=O) groups is 2. The second-order valence-electron chi connectivity index (χ2n) is 6.69. The van der Waals surface area contributed by atoms with Crippen LogP contribution in [0.4, 0.5) is 5.69 Å². The van der Waals surface area contributed by atoms with Gasteiger partial charge in [0, 0.05) is 29.6 Å². The summed E-state index contributed by atoms with van der Waals surface area (Å²) in [5.41, 5.74) is 6.53. The van der Waals surface area contributed by atoms with Crippen molar-refractivity contribution in [3.63, 3.8) is 0 Å². The minimum absolute atomic E-state index is 0.0759. The van der Waals surface area contributed by atoms with Crippen LogP contribution in [0.25, 0.3) is 11.4 Å². The first-order valence-electron chi connectivity index (χ1n) is 8.09. The van der Waals surface area contributed by atoms with Crippen LogP contribution in [0.3, 0.4) is 0 Å². The summed E-state index contributed by atoms with van der Waals surface area (Å²) < 4.78 is 0. The molecule has 134 valence electrons. The number of nitrogens with one attached hydrogen (secondary N) is 3. The summed E-state index contributed by atoms with van der Waals surface area (Å²) in [6.45, 7) is 6.09. The van der Waals surface area contributed by atoms with Gasteiger partial charge in [-0.3, -0.25) is 14.7 Å². The van der Waals surface area contributed by atoms with Gasteiger partial charge in [0.25, 0.3) is 0 Å². The monoisotopic (exact) mass is 344 g/mol. The minimum atomic E-state index is -0.462. The average Bonchev–Trinajstić information content (AvgIpc) is 3.03. The molecule has 1 aromatic heterocycles. The Kier molecular flexibility index (Phi) is 5.87. The fraction of sp³-hybridized carbons (Fsp3) is 0.412. The fourth-order valence-corrected chi connectivity index (χ4v) is 2.00. The van der Waals surface area contributed by atoms with Crippen LogP contribution in [0.2, 0.25) is 0 Å². The maximum Gasteiger partial charge on any atom is 0.226 e. The summed E-state index contributed by atoms with van der Waals surface area (Å²) in [4.78, 5) is 27.9. The van der Waals surface area contributed by atoms with E-state index in [0.717, 1.165) is 5.56 Å². The van der Waals surface area contributed by atoms with Crippen molar-refractivity contribution in [1.29, 1.82) is 0 Å². The molecule has 2 aromatic rings. The van der Waals surface area contributed by atoms with Crippen LogP contribution in [-0.4, -0.2) is 33.5 Å². The molecule has 0 aliphatic heterocycles. The van der Waals surface area contributed by atoms with Crippen molar-refractivity contribution >= 4 is 17.5 Å². The third kappa shape index (κ3) is 5.39. The average molecular weight is 344 g/mol. The molecule has 0 spiro atoms. The summed E-state index contributed by atoms with van der Waals surface area (Å²) in [5.74, 6) is 0.936. The number of aromatic amines is 1. The molecule has 2 amide bonds. The van der Waals surface area contributed by atoms with Crippen molar-refractivity contribution in [3.8, 4) is 11.4 Å². The summed E-state index contributed by atoms with van der Waals surface area (Å²) in [7, 11) is 0. The molecule has 0 aliphatic carbocycles. The van der Waals surface area contributed by atoms with E-state index in [1.807, 2.05) is 32.9 Å². The minimum Gasteiger partial charge on any atom is -0.355 e. The van der Waals surface area contributed by atoms with E-state index in [-0.39, 0.29) is 18.2 Å². The lowest BCUT2D eigenvalue weighted by atomic mass is 9.96. The highest BCUT2D eigenvalue weighted by atomic mass is 16.2. The molecule has 0 unspecified atom stereocenters. The number of rotatable bonds is 6. The maximum atomic E-state index is 11.9. The van der Waals surface area contributed by atoms with Crippen LogP contribution in [-0.2, 0) is 16.1 Å². The van der Waals surface area contributed by atoms with Crippen molar-refractivity contribution in [2.75, 3.05) is 11.9 Å². The Bertz CT molecular complexity index is 730. The number of hydrogen-bond donors (Lipinski definition) is 4. The number of anilines is 1. The topological polar surface area (TPSA) is 126 Å². The van der Waals surface area contributed by atoms with Gasteiger partial charge in [0.15, 0.2) is 5.82 Å². The summed E-state index contributed by atoms with van der Waals surface area (Å²) in [6.07, 6.45) is 0.213. The quantitative estimate of drug-likeness (QED) is 0.630. The largest absolute Gasteiger partial charge is 0.355 e. The van der Waals surface area contributed by atoms with Gasteiger partial charge in [-0.1, -0.05) is 20.8 Å². The highest BCUT2D eigenvalue weighted by molar-refractivity contribution is 5.91. The first-order valence-corrected chi connectivity index (χ1v) is 8.09. The highest BCUT2D eigenvalue weighted by Crippen LogP contribution is 2.18. The number of H-pyrrole nitrogens is 1. The van der Waals surface area contributed by atoms with Crippen LogP contribution in [0, 0.1) is 5.41 Å². The van der Waals surface area contributed by atoms with Crippen LogP contribution in [0.15, 0.2) is 24.3 Å². The summed E-state index contributed by atoms with van der Waals surface area (Å²) in [5, 5.41) is 12.4. The number of carbonyl (C=O) groups excluding carboxylic acids is 2. The van der Waals surface area contributed by atoms with Crippen molar-refractivity contribution in [1.82, 2.24) is 20.5 Å². The van der Waals surface area contributed by atoms with Gasteiger partial charge < -0.3 is 16.4 Å². The van der Waals surface area contributed by atoms with Gasteiger partial charge in [-0.05, 0) is 24.3 Å². The van der Waals surface area contributed by atoms with E-state index in [2.05, 4.69) is 25.8 Å². The summed E-state index contributed by atoms with van der Waals surface area (Å²) >= 11 is 0. The van der Waals surface area contributed by atoms with Crippen molar-refractivity contribution in [2.24, 2.45) is 11.1 Å². The van der Waals surface area contributed by atoms with Crippen LogP contribution in [0.5, 0.6) is 0 Å². The molecule has 0 radical (unpaired) electrons. The molecule has 0 aliphatic rings. The van der Waals surface area contributed by atoms with E-state index in [0.29, 0.717) is 30.4 Å². The number of aromatic nitrogens is 3. The van der Waals surface area contributed by atoms with E-state index in [9.17, 15) is 9.59 Å². The molecule has 0 saturated heterocycles. The standard InChI is InChI=1S/C17H24N6O2/c1-17(2,3)16(25)19-9-8-14(24)20-12-6-4-11(5-7-12)15-21-13(10-18)22-23-15/h4-7H,8-10,18H2,1-3H3,(H,19,25)(H,20,24)(H,21,22,23). The lowest BCUT2D eigenvalue weighted by Crippen LogP contribution is -2.36. The molecule has 1 aromatic carbocycles. The summed E-state index contributed by atoms with van der Waals surface area (Å²) in [6, 6.07) is 7.19. The first-order chi connectivity index (χ1) is 11.8. The lowest BCUT2D eigenvalue weighted by molar-refractivity contribution is -0.128. The van der Waals surface area contributed by atoms with E-state index in [4.69, 9.17) is 5.73 Å². The van der Waals surface area contributed by atoms with Gasteiger partial charge in [-0.15, -0.1) is 0 Å². The van der Waals surface area contributed by atoms with Gasteiger partial charge >= 0.3 is 0 Å². The predicted octanol–water partition coefficient (Wildman–Crippen LogP) is 1.42. The molecule has 2 rings (SSSR count). The first kappa shape index (κ1) is 18.6. The molecule has 0 fully saturated rings. The van der Waals surface area contributed by atoms with E-state index in [1.54, 1.807) is 12.1 Å². The third-order valence-electron chi connectivity index (χ3n) is 3.47. The van der Waals surface area contributed by atoms with Gasteiger partial charge in [0.05, 0.1) is 6.54 Å². The Balaban J connectivity index is 1.84. The van der Waals surface area contributed by atoms with Crippen LogP contribution >= 0.6 is 0 Å². The Morgan fingerprint density at radius 1 is 1.20 bits per heavy atom. The zero-order valence-corrected chi connectivity index (χ0v) is 14.7. The lowest BCUT2D eigenvalue weighted by Gasteiger charge is -2.17. The Morgan fingerprint density at radius 3 is 2.44 bits per heavy atom. The normalized spacial score (nSPS) is 11.2. The number of amides is 2. The second-order valence-corrected chi connectivity index (χ2v) is 6.69. The number of benzene rings is 1. The molecule has 0 bridgehead atoms. The molecular weight excluding hydrogens is 320 g/mol. The number of nitrogens with zero attached hydrogens (tertiary/aromatic N) is 2. The molecule has 8 heteroatoms. The van der Waals surface area contributed by atoms with E-state index < -0.39 is 5.41 Å². The Morgan fingerprint density at radius 2 is 1.88 bits per heavy atom. The molecule has 1 heterocycles. The van der Waals surface area contributed by atoms with E-state index >= 15 is 0 Å². The molecular formula is C17H24N6O2. The van der Waals surface area contributed by atoms with Gasteiger partial charge in [0.2, 0.25) is 11.8 Å². The SMILES string of the molecule is CC(C)(C)C(=O)NCCC(=O)Nc1ccc(-c2n[nH]c(CN)n2)cc1. The van der Waals surface area contributed by atoms with Crippen LogP contribution < -0.4 is 16.4 Å². The van der Waals surface area contributed by atoms with Crippen LogP contribution in [0.1, 0.15) is 33.0 Å². The molecule has 0 saturated carbocycles.